The molecule has 0 aromatic rings. The summed E-state index contributed by atoms with van der Waals surface area (Å²) in [7, 11) is 0. The van der Waals surface area contributed by atoms with E-state index in [1.165, 1.54) is 36.5 Å². The monoisotopic (exact) mass is 178 g/mol. The van der Waals surface area contributed by atoms with Gasteiger partial charge in [0.2, 0.25) is 0 Å². The van der Waals surface area contributed by atoms with E-state index in [1.807, 2.05) is 0 Å². The predicted molar refractivity (Wildman–Crippen MR) is 55.4 cm³/mol. The summed E-state index contributed by atoms with van der Waals surface area (Å²) in [6.07, 6.45) is 7.59. The molecule has 3 fully saturated rings. The molecule has 74 valence electrons. The van der Waals surface area contributed by atoms with Gasteiger partial charge in [-0.3, -0.25) is 0 Å². The van der Waals surface area contributed by atoms with E-state index >= 15 is 0 Å². The fraction of sp³-hybridized carbons (Fsp3) is 1.00. The summed E-state index contributed by atoms with van der Waals surface area (Å²) >= 11 is 0. The third kappa shape index (κ3) is 0.877. The molecule has 0 unspecified atom stereocenters. The number of rotatable bonds is 3. The molecular formula is C13H22. The van der Waals surface area contributed by atoms with Crippen LogP contribution in [0, 0.1) is 35.5 Å². The van der Waals surface area contributed by atoms with Crippen LogP contribution in [-0.2, 0) is 0 Å². The summed E-state index contributed by atoms with van der Waals surface area (Å²) in [5.74, 6) is 7.06. The standard InChI is InChI=1S/C13H22/c1-3-4-5-9-8(2)12-10-6-7-11(10)13(9)12/h8-13H,3-7H2,1-2H3/t8-,9+,10+,11-,12+,13-/m1/s1. The lowest BCUT2D eigenvalue weighted by molar-refractivity contribution is -0.246. The van der Waals surface area contributed by atoms with E-state index in [-0.39, 0.29) is 0 Å². The lowest BCUT2D eigenvalue weighted by atomic mass is 9.32. The Kier molecular flexibility index (Phi) is 1.76. The molecule has 3 aliphatic rings. The molecular weight excluding hydrogens is 156 g/mol. The zero-order valence-corrected chi connectivity index (χ0v) is 9.00. The Bertz CT molecular complexity index is 208. The van der Waals surface area contributed by atoms with Gasteiger partial charge in [0, 0.05) is 0 Å². The number of hydrogen-bond acceptors (Lipinski definition) is 0. The van der Waals surface area contributed by atoms with E-state index in [2.05, 4.69) is 13.8 Å². The molecule has 3 aliphatic carbocycles. The number of unbranched alkanes of at least 4 members (excludes halogenated alkanes) is 1. The van der Waals surface area contributed by atoms with Crippen LogP contribution in [0.15, 0.2) is 0 Å². The van der Waals surface area contributed by atoms with E-state index in [4.69, 9.17) is 0 Å². The minimum atomic E-state index is 1.10. The van der Waals surface area contributed by atoms with Gasteiger partial charge in [-0.05, 0) is 54.8 Å². The van der Waals surface area contributed by atoms with Crippen LogP contribution in [0.1, 0.15) is 46.0 Å². The minimum absolute atomic E-state index is 1.10. The van der Waals surface area contributed by atoms with E-state index in [0.29, 0.717) is 0 Å². The van der Waals surface area contributed by atoms with Crippen molar-refractivity contribution in [3.8, 4) is 0 Å². The van der Waals surface area contributed by atoms with Crippen molar-refractivity contribution < 1.29 is 0 Å². The first kappa shape index (κ1) is 8.32. The van der Waals surface area contributed by atoms with Crippen LogP contribution in [0.25, 0.3) is 0 Å². The smallest absolute Gasteiger partial charge is 0.0318 e. The summed E-state index contributed by atoms with van der Waals surface area (Å²) in [5.41, 5.74) is 0. The van der Waals surface area contributed by atoms with Gasteiger partial charge in [0.1, 0.15) is 0 Å². The summed E-state index contributed by atoms with van der Waals surface area (Å²) in [6.45, 7) is 4.85. The van der Waals surface area contributed by atoms with E-state index in [9.17, 15) is 0 Å². The van der Waals surface area contributed by atoms with Crippen molar-refractivity contribution >= 4 is 0 Å². The Balaban J connectivity index is 1.59. The third-order valence-corrected chi connectivity index (χ3v) is 5.48. The highest BCUT2D eigenvalue weighted by Gasteiger charge is 2.66. The molecule has 3 rings (SSSR count). The number of fused-ring (bicyclic) bond motifs is 4. The second-order valence-electron chi connectivity index (χ2n) is 5.72. The van der Waals surface area contributed by atoms with Crippen LogP contribution < -0.4 is 0 Å². The van der Waals surface area contributed by atoms with E-state index in [1.54, 1.807) is 19.3 Å². The Labute approximate surface area is 82.1 Å². The van der Waals surface area contributed by atoms with Crippen LogP contribution in [0.5, 0.6) is 0 Å². The highest BCUT2D eigenvalue weighted by molar-refractivity contribution is 5.14. The van der Waals surface area contributed by atoms with Crippen molar-refractivity contribution in [3.63, 3.8) is 0 Å². The summed E-state index contributed by atoms with van der Waals surface area (Å²) in [6, 6.07) is 0. The molecule has 0 aromatic carbocycles. The second kappa shape index (κ2) is 2.74. The van der Waals surface area contributed by atoms with Gasteiger partial charge in [-0.25, -0.2) is 0 Å². The molecule has 0 saturated heterocycles. The normalized spacial score (nSPS) is 56.8. The lowest BCUT2D eigenvalue weighted by Crippen LogP contribution is -2.67. The maximum absolute atomic E-state index is 2.52. The number of hydrogen-bond donors (Lipinski definition) is 0. The van der Waals surface area contributed by atoms with Crippen molar-refractivity contribution in [1.82, 2.24) is 0 Å². The first-order valence-corrected chi connectivity index (χ1v) is 6.34. The van der Waals surface area contributed by atoms with Gasteiger partial charge in [-0.15, -0.1) is 0 Å². The molecule has 3 saturated carbocycles. The third-order valence-electron chi connectivity index (χ3n) is 5.48. The molecule has 0 aromatic heterocycles. The molecule has 0 heterocycles. The van der Waals surface area contributed by atoms with Crippen LogP contribution in [0.4, 0.5) is 0 Å². The van der Waals surface area contributed by atoms with Gasteiger partial charge in [0.15, 0.2) is 0 Å². The predicted octanol–water partition coefficient (Wildman–Crippen LogP) is 3.71. The van der Waals surface area contributed by atoms with Crippen LogP contribution in [-0.4, -0.2) is 0 Å². The summed E-state index contributed by atoms with van der Waals surface area (Å²) < 4.78 is 0. The fourth-order valence-corrected chi connectivity index (χ4v) is 4.66. The first-order valence-electron chi connectivity index (χ1n) is 6.34. The molecule has 6 atom stereocenters. The Morgan fingerprint density at radius 2 is 1.77 bits per heavy atom. The van der Waals surface area contributed by atoms with Gasteiger partial charge < -0.3 is 0 Å². The van der Waals surface area contributed by atoms with Crippen LogP contribution in [0.3, 0.4) is 0 Å². The topological polar surface area (TPSA) is 0 Å². The zero-order chi connectivity index (χ0) is 9.00. The molecule has 13 heavy (non-hydrogen) atoms. The summed E-state index contributed by atoms with van der Waals surface area (Å²) in [4.78, 5) is 0. The van der Waals surface area contributed by atoms with Crippen molar-refractivity contribution in [1.29, 1.82) is 0 Å². The Morgan fingerprint density at radius 1 is 1.08 bits per heavy atom. The van der Waals surface area contributed by atoms with Crippen molar-refractivity contribution in [2.24, 2.45) is 35.5 Å². The SMILES string of the molecule is CCCC[C@H]1[C@@H](C)[C@H]2[C@H]3CC[C@H]3[C@@H]12. The first-order chi connectivity index (χ1) is 6.34. The maximum atomic E-state index is 2.52. The van der Waals surface area contributed by atoms with Gasteiger partial charge in [-0.2, -0.15) is 0 Å². The zero-order valence-electron chi connectivity index (χ0n) is 9.00. The second-order valence-corrected chi connectivity index (χ2v) is 5.72. The average Bonchev–Trinajstić information content (AvgIpc) is 2.11. The highest BCUT2D eigenvalue weighted by atomic mass is 14.7. The van der Waals surface area contributed by atoms with Gasteiger partial charge in [0.05, 0.1) is 0 Å². The molecule has 0 nitrogen and oxygen atoms in total. The molecule has 0 amide bonds. The minimum Gasteiger partial charge on any atom is -0.0654 e. The average molecular weight is 178 g/mol. The summed E-state index contributed by atoms with van der Waals surface area (Å²) in [5, 5.41) is 0. The Morgan fingerprint density at radius 3 is 2.38 bits per heavy atom. The molecule has 0 aliphatic heterocycles. The molecule has 0 bridgehead atoms. The van der Waals surface area contributed by atoms with Gasteiger partial charge >= 0.3 is 0 Å². The van der Waals surface area contributed by atoms with Crippen molar-refractivity contribution in [2.45, 2.75) is 46.0 Å². The Hall–Kier alpha value is 0. The largest absolute Gasteiger partial charge is 0.0654 e. The quantitative estimate of drug-likeness (QED) is 0.618. The van der Waals surface area contributed by atoms with E-state index < -0.39 is 0 Å². The molecule has 0 radical (unpaired) electrons. The molecule has 0 heteroatoms. The lowest BCUT2D eigenvalue weighted by Gasteiger charge is -2.73. The van der Waals surface area contributed by atoms with Crippen molar-refractivity contribution in [3.05, 3.63) is 0 Å². The van der Waals surface area contributed by atoms with Crippen molar-refractivity contribution in [2.75, 3.05) is 0 Å². The fourth-order valence-electron chi connectivity index (χ4n) is 4.66. The van der Waals surface area contributed by atoms with Crippen LogP contribution >= 0.6 is 0 Å². The molecule has 0 spiro atoms. The van der Waals surface area contributed by atoms with Crippen LogP contribution in [0.2, 0.25) is 0 Å². The van der Waals surface area contributed by atoms with Gasteiger partial charge in [-0.1, -0.05) is 26.7 Å². The molecule has 0 N–H and O–H groups in total. The van der Waals surface area contributed by atoms with E-state index in [0.717, 1.165) is 11.8 Å². The maximum Gasteiger partial charge on any atom is -0.0318 e. The highest BCUT2D eigenvalue weighted by Crippen LogP contribution is 2.72. The van der Waals surface area contributed by atoms with Gasteiger partial charge in [0.25, 0.3) is 0 Å².